The summed E-state index contributed by atoms with van der Waals surface area (Å²) in [6, 6.07) is 24.5. The van der Waals surface area contributed by atoms with Crippen LogP contribution in [0, 0.1) is 6.92 Å². The highest BCUT2D eigenvalue weighted by molar-refractivity contribution is 6.02. The number of primary amides is 1. The van der Waals surface area contributed by atoms with Crippen LogP contribution in [0.2, 0.25) is 0 Å². The molecule has 2 heterocycles. The maximum Gasteiger partial charge on any atom is 0.332 e. The van der Waals surface area contributed by atoms with Gasteiger partial charge in [-0.1, -0.05) is 48.0 Å². The number of H-pyrrole nitrogens is 1. The highest BCUT2D eigenvalue weighted by atomic mass is 16.5. The second kappa shape index (κ2) is 8.67. The van der Waals surface area contributed by atoms with Gasteiger partial charge in [0, 0.05) is 5.56 Å². The Morgan fingerprint density at radius 1 is 0.971 bits per heavy atom. The fourth-order valence-electron chi connectivity index (χ4n) is 3.67. The molecule has 0 aliphatic heterocycles. The van der Waals surface area contributed by atoms with Crippen LogP contribution in [0.4, 0.5) is 0 Å². The summed E-state index contributed by atoms with van der Waals surface area (Å²) in [4.78, 5) is 36.5. The number of aryl methyl sites for hydroxylation is 1. The van der Waals surface area contributed by atoms with Crippen LogP contribution in [-0.4, -0.2) is 25.4 Å². The molecule has 3 aromatic carbocycles. The number of ether oxygens (including phenoxy) is 1. The first-order chi connectivity index (χ1) is 16.5. The van der Waals surface area contributed by atoms with Crippen molar-refractivity contribution in [2.24, 2.45) is 5.73 Å². The molecular weight excluding hydrogens is 430 g/mol. The maximum atomic E-state index is 12.8. The zero-order valence-electron chi connectivity index (χ0n) is 18.4. The smallest absolute Gasteiger partial charge is 0.332 e. The van der Waals surface area contributed by atoms with Gasteiger partial charge >= 0.3 is 5.69 Å². The number of fused-ring (bicyclic) bond motifs is 1. The number of carbonyl (C=O) groups is 1. The number of nitrogens with zero attached hydrogens (tertiary/aromatic N) is 3. The third-order valence-electron chi connectivity index (χ3n) is 5.42. The largest absolute Gasteiger partial charge is 0.489 e. The average Bonchev–Trinajstić information content (AvgIpc) is 3.19. The summed E-state index contributed by atoms with van der Waals surface area (Å²) in [6.45, 7) is 2.40. The van der Waals surface area contributed by atoms with Crippen LogP contribution in [0.1, 0.15) is 21.6 Å². The molecule has 1 amide bonds. The minimum absolute atomic E-state index is 0.0487. The van der Waals surface area contributed by atoms with E-state index in [9.17, 15) is 9.59 Å². The zero-order valence-corrected chi connectivity index (χ0v) is 18.4. The first kappa shape index (κ1) is 21.1. The van der Waals surface area contributed by atoms with Crippen LogP contribution in [0.5, 0.6) is 5.75 Å². The number of amides is 1. The first-order valence-electron chi connectivity index (χ1n) is 10.7. The molecule has 0 saturated heterocycles. The lowest BCUT2D eigenvalue weighted by molar-refractivity contribution is 0.0997. The molecule has 168 valence electrons. The fraction of sp³-hybridized carbons (Fsp3) is 0.0769. The number of imidazole rings is 1. The van der Waals surface area contributed by atoms with Gasteiger partial charge in [0.15, 0.2) is 17.2 Å². The standard InChI is InChI=1S/C26H21N5O3/c1-16-7-11-19(12-8-16)31-25-22(29-26(31)33)21(23(27)32)28-24(30-25)18-9-13-20(14-10-18)34-15-17-5-3-2-4-6-17/h2-14H,15H2,1H3,(H2,27,32)(H,29,33). The van der Waals surface area contributed by atoms with E-state index in [4.69, 9.17) is 10.5 Å². The minimum Gasteiger partial charge on any atom is -0.489 e. The molecule has 2 aromatic heterocycles. The summed E-state index contributed by atoms with van der Waals surface area (Å²) >= 11 is 0. The van der Waals surface area contributed by atoms with Crippen LogP contribution >= 0.6 is 0 Å². The highest BCUT2D eigenvalue weighted by Gasteiger charge is 2.20. The summed E-state index contributed by atoms with van der Waals surface area (Å²) in [5.41, 5.74) is 8.96. The topological polar surface area (TPSA) is 116 Å². The zero-order chi connectivity index (χ0) is 23.7. The molecule has 5 aromatic rings. The number of hydrogen-bond donors (Lipinski definition) is 2. The molecule has 0 spiro atoms. The van der Waals surface area contributed by atoms with Gasteiger partial charge in [-0.25, -0.2) is 19.3 Å². The molecule has 0 unspecified atom stereocenters. The number of aromatic amines is 1. The number of nitrogens with one attached hydrogen (secondary N) is 1. The van der Waals surface area contributed by atoms with Crippen molar-refractivity contribution in [2.45, 2.75) is 13.5 Å². The van der Waals surface area contributed by atoms with Gasteiger partial charge in [-0.2, -0.15) is 0 Å². The molecule has 0 aliphatic rings. The van der Waals surface area contributed by atoms with Gasteiger partial charge in [0.2, 0.25) is 0 Å². The Hall–Kier alpha value is -4.72. The Balaban J connectivity index is 1.54. The molecule has 0 fully saturated rings. The van der Waals surface area contributed by atoms with Crippen LogP contribution in [0.15, 0.2) is 83.7 Å². The molecule has 8 heteroatoms. The third-order valence-corrected chi connectivity index (χ3v) is 5.42. The van der Waals surface area contributed by atoms with E-state index in [2.05, 4.69) is 15.0 Å². The Morgan fingerprint density at radius 2 is 1.68 bits per heavy atom. The van der Waals surface area contributed by atoms with Crippen molar-refractivity contribution in [3.63, 3.8) is 0 Å². The Bertz CT molecular complexity index is 1540. The molecule has 0 saturated carbocycles. The van der Waals surface area contributed by atoms with Gasteiger partial charge in [0.25, 0.3) is 5.91 Å². The van der Waals surface area contributed by atoms with Crippen LogP contribution < -0.4 is 16.2 Å². The Kier molecular flexibility index (Phi) is 5.39. The SMILES string of the molecule is Cc1ccc(-n2c(=O)[nH]c3c(C(N)=O)nc(-c4ccc(OCc5ccccc5)cc4)nc32)cc1. The van der Waals surface area contributed by atoms with Crippen molar-refractivity contribution in [1.82, 2.24) is 19.5 Å². The predicted molar refractivity (Wildman–Crippen MR) is 129 cm³/mol. The lowest BCUT2D eigenvalue weighted by Crippen LogP contribution is -2.15. The minimum atomic E-state index is -0.756. The van der Waals surface area contributed by atoms with E-state index >= 15 is 0 Å². The number of nitrogens with two attached hydrogens (primary N) is 1. The number of rotatable bonds is 6. The number of hydrogen-bond acceptors (Lipinski definition) is 5. The van der Waals surface area contributed by atoms with Gasteiger partial charge < -0.3 is 15.5 Å². The van der Waals surface area contributed by atoms with E-state index in [1.54, 1.807) is 24.3 Å². The predicted octanol–water partition coefficient (Wildman–Crippen LogP) is 3.76. The normalized spacial score (nSPS) is 11.0. The fourth-order valence-corrected chi connectivity index (χ4v) is 3.67. The molecule has 8 nitrogen and oxygen atoms in total. The number of aromatic nitrogens is 4. The Morgan fingerprint density at radius 3 is 2.35 bits per heavy atom. The van der Waals surface area contributed by atoms with E-state index in [1.807, 2.05) is 61.5 Å². The average molecular weight is 451 g/mol. The monoisotopic (exact) mass is 451 g/mol. The summed E-state index contributed by atoms with van der Waals surface area (Å²) in [7, 11) is 0. The molecule has 5 rings (SSSR count). The van der Waals surface area contributed by atoms with Gasteiger partial charge in [0.1, 0.15) is 17.9 Å². The molecule has 34 heavy (non-hydrogen) atoms. The second-order valence-electron chi connectivity index (χ2n) is 7.86. The van der Waals surface area contributed by atoms with Gasteiger partial charge in [0.05, 0.1) is 5.69 Å². The Labute approximate surface area is 194 Å². The lowest BCUT2D eigenvalue weighted by Gasteiger charge is -2.09. The summed E-state index contributed by atoms with van der Waals surface area (Å²) in [6.07, 6.45) is 0. The second-order valence-corrected chi connectivity index (χ2v) is 7.86. The van der Waals surface area contributed by atoms with Crippen molar-refractivity contribution >= 4 is 17.1 Å². The summed E-state index contributed by atoms with van der Waals surface area (Å²) in [5, 5.41) is 0. The van der Waals surface area contributed by atoms with Gasteiger partial charge in [-0.3, -0.25) is 4.79 Å². The number of carbonyl (C=O) groups excluding carboxylic acids is 1. The van der Waals surface area contributed by atoms with E-state index in [0.29, 0.717) is 23.6 Å². The van der Waals surface area contributed by atoms with Crippen LogP contribution in [-0.2, 0) is 6.61 Å². The van der Waals surface area contributed by atoms with Crippen molar-refractivity contribution in [2.75, 3.05) is 0 Å². The molecule has 3 N–H and O–H groups in total. The molecule has 0 radical (unpaired) electrons. The summed E-state index contributed by atoms with van der Waals surface area (Å²) in [5.74, 6) is 0.201. The van der Waals surface area contributed by atoms with Crippen molar-refractivity contribution in [1.29, 1.82) is 0 Å². The maximum absolute atomic E-state index is 12.8. The molecule has 0 atom stereocenters. The lowest BCUT2D eigenvalue weighted by atomic mass is 10.2. The molecular formula is C26H21N5O3. The van der Waals surface area contributed by atoms with Crippen molar-refractivity contribution in [3.05, 3.63) is 106 Å². The van der Waals surface area contributed by atoms with Crippen LogP contribution in [0.25, 0.3) is 28.2 Å². The van der Waals surface area contributed by atoms with Gasteiger partial charge in [-0.05, 0) is 48.9 Å². The van der Waals surface area contributed by atoms with E-state index in [-0.39, 0.29) is 22.7 Å². The first-order valence-corrected chi connectivity index (χ1v) is 10.7. The quantitative estimate of drug-likeness (QED) is 0.408. The van der Waals surface area contributed by atoms with E-state index in [1.165, 1.54) is 4.57 Å². The van der Waals surface area contributed by atoms with E-state index < -0.39 is 11.6 Å². The van der Waals surface area contributed by atoms with E-state index in [0.717, 1.165) is 11.1 Å². The summed E-state index contributed by atoms with van der Waals surface area (Å²) < 4.78 is 7.25. The van der Waals surface area contributed by atoms with Crippen molar-refractivity contribution in [3.8, 4) is 22.8 Å². The van der Waals surface area contributed by atoms with Gasteiger partial charge in [-0.15, -0.1) is 0 Å². The molecule has 0 bridgehead atoms. The van der Waals surface area contributed by atoms with Crippen molar-refractivity contribution < 1.29 is 9.53 Å². The third kappa shape index (κ3) is 4.04. The molecule has 0 aliphatic carbocycles. The van der Waals surface area contributed by atoms with Crippen LogP contribution in [0.3, 0.4) is 0 Å². The number of benzene rings is 3. The highest BCUT2D eigenvalue weighted by Crippen LogP contribution is 2.24.